The van der Waals surface area contributed by atoms with Crippen molar-refractivity contribution < 1.29 is 68.3 Å². The van der Waals surface area contributed by atoms with Crippen molar-refractivity contribution in [3.8, 4) is 0 Å². The maximum atomic E-state index is 14.0. The summed E-state index contributed by atoms with van der Waals surface area (Å²) in [4.78, 5) is 104. The van der Waals surface area contributed by atoms with E-state index in [1.54, 1.807) is 12.2 Å². The zero-order valence-electron chi connectivity index (χ0n) is 41.3. The fourth-order valence-corrected chi connectivity index (χ4v) is 18.4. The topological polar surface area (TPSA) is 260 Å². The maximum absolute atomic E-state index is 14.0. The molecule has 0 spiro atoms. The van der Waals surface area contributed by atoms with Gasteiger partial charge in [0.2, 0.25) is 23.4 Å². The van der Waals surface area contributed by atoms with E-state index in [1.807, 2.05) is 13.8 Å². The first kappa shape index (κ1) is 52.9. The summed E-state index contributed by atoms with van der Waals surface area (Å²) in [5.41, 5.74) is -4.25. The summed E-state index contributed by atoms with van der Waals surface area (Å²) in [7, 11) is 2.15. The Balaban J connectivity index is 0.836. The molecule has 8 rings (SSSR count). The van der Waals surface area contributed by atoms with Gasteiger partial charge in [-0.3, -0.25) is 28.8 Å². The van der Waals surface area contributed by atoms with E-state index in [0.717, 1.165) is 58.4 Å². The van der Waals surface area contributed by atoms with Crippen molar-refractivity contribution in [1.82, 2.24) is 10.6 Å². The second kappa shape index (κ2) is 19.5. The van der Waals surface area contributed by atoms with E-state index in [4.69, 9.17) is 9.47 Å². The molecule has 16 atom stereocenters. The predicted molar refractivity (Wildman–Crippen MR) is 258 cm³/mol. The van der Waals surface area contributed by atoms with Gasteiger partial charge < -0.3 is 40.5 Å². The first-order chi connectivity index (χ1) is 32.8. The van der Waals surface area contributed by atoms with Crippen LogP contribution in [0.3, 0.4) is 0 Å². The molecular formula is C52H72N2O14S2. The third-order valence-electron chi connectivity index (χ3n) is 19.6. The first-order valence-corrected chi connectivity index (χ1v) is 27.8. The summed E-state index contributed by atoms with van der Waals surface area (Å²) in [6, 6.07) is -2.46. The Labute approximate surface area is 417 Å². The summed E-state index contributed by atoms with van der Waals surface area (Å²) < 4.78 is 11.0. The average Bonchev–Trinajstić information content (AvgIpc) is 3.72. The van der Waals surface area contributed by atoms with E-state index >= 15 is 0 Å². The number of fused-ring (bicyclic) bond motifs is 10. The van der Waals surface area contributed by atoms with Gasteiger partial charge in [0, 0.05) is 49.0 Å². The van der Waals surface area contributed by atoms with Crippen molar-refractivity contribution in [1.29, 1.82) is 0 Å². The van der Waals surface area contributed by atoms with E-state index in [2.05, 4.69) is 24.5 Å². The number of ether oxygens (including phenoxy) is 2. The Kier molecular flexibility index (Phi) is 14.7. The number of nitrogens with one attached hydrogen (secondary N) is 2. The van der Waals surface area contributed by atoms with Gasteiger partial charge in [-0.05, 0) is 136 Å². The molecule has 70 heavy (non-hydrogen) atoms. The van der Waals surface area contributed by atoms with Gasteiger partial charge in [-0.2, -0.15) is 0 Å². The standard InChI is InChI=1S/C52H72N2O14S2/c1-27(55)53-37(45(63)67-23-41(61)51(65)17-13-35-33-9-7-29-19-31(57)11-15-47(29,3)43(33)39(59)21-49(35,51)5)25-69-70-26-38(54-28(2)56)46(64)68-24-42(62)52(66)18-14-36-34-10-8-30-20-32(58)12-16-48(30,4)44(34)40(60)22-50(36,52)6/h19-20,33-40,43-44,59-60,65-66H,7-18,21-26H2,1-6H3,(H,53,55)(H,54,56)/t33-,34-,35-,36-,37?,38?,39-,40-,43+,44+,47-,48-,49-,50-,51-,52-/m0/s1. The van der Waals surface area contributed by atoms with Gasteiger partial charge >= 0.3 is 11.9 Å². The SMILES string of the molecule is CC(=O)NC(CSSCC(NC(C)=O)C(=O)OCC(=O)[C@@]1(O)CC[C@H]2[C@@H]3CCC4=CC(=O)CC[C@]4(C)[C@H]3[C@@H](O)C[C@@]21C)C(=O)OCC(=O)[C@@]1(O)CC[C@H]2[C@@H]3CCC4=CC(=O)CC[C@]4(C)[C@H]3[C@@H](O)C[C@@]21C. The largest absolute Gasteiger partial charge is 0.456 e. The van der Waals surface area contributed by atoms with Crippen molar-refractivity contribution in [3.05, 3.63) is 23.3 Å². The number of allylic oxidation sites excluding steroid dienone is 2. The number of ketones is 4. The molecule has 0 aromatic heterocycles. The van der Waals surface area contributed by atoms with Crippen LogP contribution in [-0.4, -0.2) is 128 Å². The van der Waals surface area contributed by atoms with Crippen molar-refractivity contribution in [2.45, 2.75) is 167 Å². The number of Topliss-reactive ketones (excluding diaryl/α,β-unsaturated/α-hetero) is 2. The van der Waals surface area contributed by atoms with E-state index in [-0.39, 0.29) is 95.1 Å². The molecule has 2 unspecified atom stereocenters. The highest BCUT2D eigenvalue weighted by molar-refractivity contribution is 8.76. The molecule has 0 radical (unpaired) electrons. The zero-order chi connectivity index (χ0) is 50.9. The number of aliphatic hydroxyl groups excluding tert-OH is 2. The molecule has 0 bridgehead atoms. The van der Waals surface area contributed by atoms with Crippen molar-refractivity contribution in [3.63, 3.8) is 0 Å². The number of esters is 2. The maximum Gasteiger partial charge on any atom is 0.329 e. The highest BCUT2D eigenvalue weighted by Gasteiger charge is 2.70. The second-order valence-corrected chi connectivity index (χ2v) is 25.6. The lowest BCUT2D eigenvalue weighted by Gasteiger charge is -2.60. The zero-order valence-corrected chi connectivity index (χ0v) is 43.0. The minimum absolute atomic E-state index is 0.0312. The summed E-state index contributed by atoms with van der Waals surface area (Å²) in [6.45, 7) is 8.86. The van der Waals surface area contributed by atoms with Crippen LogP contribution in [0.5, 0.6) is 0 Å². The molecule has 0 aromatic carbocycles. The minimum atomic E-state index is -1.87. The van der Waals surface area contributed by atoms with Gasteiger partial charge in [-0.15, -0.1) is 0 Å². The van der Waals surface area contributed by atoms with Gasteiger partial charge in [0.05, 0.1) is 12.2 Å². The van der Waals surface area contributed by atoms with E-state index in [1.165, 1.54) is 13.8 Å². The van der Waals surface area contributed by atoms with Crippen LogP contribution in [0.15, 0.2) is 23.3 Å². The number of hydrogen-bond acceptors (Lipinski definition) is 16. The summed E-state index contributed by atoms with van der Waals surface area (Å²) >= 11 is 0. The van der Waals surface area contributed by atoms with Gasteiger partial charge in [-0.1, -0.05) is 60.4 Å². The summed E-state index contributed by atoms with van der Waals surface area (Å²) in [5.74, 6) is -4.55. The number of carbonyl (C=O) groups is 8. The lowest BCUT2D eigenvalue weighted by atomic mass is 9.45. The smallest absolute Gasteiger partial charge is 0.329 e. The molecule has 0 heterocycles. The van der Waals surface area contributed by atoms with E-state index in [0.29, 0.717) is 38.5 Å². The molecule has 8 aliphatic rings. The molecule has 16 nitrogen and oxygen atoms in total. The van der Waals surface area contributed by atoms with Crippen LogP contribution in [0.25, 0.3) is 0 Å². The number of carbonyl (C=O) groups excluding carboxylic acids is 8. The van der Waals surface area contributed by atoms with Crippen LogP contribution >= 0.6 is 21.6 Å². The van der Waals surface area contributed by atoms with E-state index < -0.39 is 94.9 Å². The predicted octanol–water partition coefficient (Wildman–Crippen LogP) is 4.07. The van der Waals surface area contributed by atoms with Gasteiger partial charge in [0.15, 0.2) is 24.8 Å². The van der Waals surface area contributed by atoms with Crippen LogP contribution in [0.1, 0.15) is 131 Å². The molecule has 6 saturated carbocycles. The van der Waals surface area contributed by atoms with Gasteiger partial charge in [0.25, 0.3) is 0 Å². The van der Waals surface area contributed by atoms with Crippen molar-refractivity contribution in [2.24, 2.45) is 57.2 Å². The molecule has 6 N–H and O–H groups in total. The van der Waals surface area contributed by atoms with Gasteiger partial charge in [-0.25, -0.2) is 9.59 Å². The monoisotopic (exact) mass is 1010 g/mol. The van der Waals surface area contributed by atoms with Gasteiger partial charge in [0.1, 0.15) is 23.3 Å². The molecule has 0 aliphatic heterocycles. The Morgan fingerprint density at radius 1 is 0.614 bits per heavy atom. The first-order valence-electron chi connectivity index (χ1n) is 25.3. The third kappa shape index (κ3) is 8.87. The Hall–Kier alpha value is -3.42. The summed E-state index contributed by atoms with van der Waals surface area (Å²) in [6.07, 6.45) is 8.68. The van der Waals surface area contributed by atoms with Crippen molar-refractivity contribution in [2.75, 3.05) is 24.7 Å². The Morgan fingerprint density at radius 3 is 1.34 bits per heavy atom. The number of aliphatic hydroxyl groups is 4. The fraction of sp³-hybridized carbons (Fsp3) is 0.769. The van der Waals surface area contributed by atoms with Crippen LogP contribution in [-0.2, 0) is 47.8 Å². The number of amides is 2. The van der Waals surface area contributed by atoms with Crippen LogP contribution in [0.4, 0.5) is 0 Å². The average molecular weight is 1010 g/mol. The number of hydrogen-bond donors (Lipinski definition) is 6. The molecule has 18 heteroatoms. The third-order valence-corrected chi connectivity index (χ3v) is 22.0. The Morgan fingerprint density at radius 2 is 0.986 bits per heavy atom. The summed E-state index contributed by atoms with van der Waals surface area (Å²) in [5, 5.41) is 52.9. The molecule has 0 saturated heterocycles. The molecule has 0 aromatic rings. The van der Waals surface area contributed by atoms with Crippen LogP contribution < -0.4 is 10.6 Å². The fourth-order valence-electron chi connectivity index (χ4n) is 16.1. The second-order valence-electron chi connectivity index (χ2n) is 23.1. The van der Waals surface area contributed by atoms with Crippen LogP contribution in [0, 0.1) is 57.2 Å². The van der Waals surface area contributed by atoms with Crippen molar-refractivity contribution >= 4 is 68.5 Å². The highest BCUT2D eigenvalue weighted by atomic mass is 33.1. The molecule has 8 aliphatic carbocycles. The quantitative estimate of drug-likeness (QED) is 0.0768. The Bertz CT molecular complexity index is 2120. The minimum Gasteiger partial charge on any atom is -0.456 e. The molecular weight excluding hydrogens is 941 g/mol. The lowest BCUT2D eigenvalue weighted by Crippen LogP contribution is -2.62. The molecule has 6 fully saturated rings. The molecule has 386 valence electrons. The molecule has 2 amide bonds. The highest BCUT2D eigenvalue weighted by Crippen LogP contribution is 2.69. The van der Waals surface area contributed by atoms with Crippen LogP contribution in [0.2, 0.25) is 0 Å². The lowest BCUT2D eigenvalue weighted by molar-refractivity contribution is -0.184. The normalized spacial score (nSPS) is 41.3. The number of rotatable bonds is 15. The van der Waals surface area contributed by atoms with E-state index in [9.17, 15) is 58.8 Å².